The van der Waals surface area contributed by atoms with Gasteiger partial charge in [-0.25, -0.2) is 4.79 Å². The van der Waals surface area contributed by atoms with E-state index in [-0.39, 0.29) is 42.5 Å². The van der Waals surface area contributed by atoms with Crippen molar-refractivity contribution < 1.29 is 38.6 Å². The zero-order valence-electron chi connectivity index (χ0n) is 35.8. The average Bonchev–Trinajstić information content (AvgIpc) is 3.85. The van der Waals surface area contributed by atoms with Gasteiger partial charge in [-0.2, -0.15) is 0 Å². The minimum atomic E-state index is -0.973. The van der Waals surface area contributed by atoms with Gasteiger partial charge in [-0.15, -0.1) is 11.8 Å². The highest BCUT2D eigenvalue weighted by Crippen LogP contribution is 2.33. The van der Waals surface area contributed by atoms with Crippen LogP contribution < -0.4 is 10.1 Å². The quantitative estimate of drug-likeness (QED) is 0.396. The zero-order chi connectivity index (χ0) is 42.2. The van der Waals surface area contributed by atoms with Crippen LogP contribution in [0.3, 0.4) is 0 Å². The normalized spacial score (nSPS) is 30.2. The summed E-state index contributed by atoms with van der Waals surface area (Å²) in [7, 11) is 4.69. The lowest BCUT2D eigenvalue weighted by molar-refractivity contribution is -0.166. The van der Waals surface area contributed by atoms with E-state index in [4.69, 9.17) is 14.5 Å². The van der Waals surface area contributed by atoms with Crippen molar-refractivity contribution in [1.29, 1.82) is 0 Å². The molecule has 4 rings (SSSR count). The van der Waals surface area contributed by atoms with E-state index in [1.807, 2.05) is 53.7 Å². The minimum absolute atomic E-state index is 0.0300. The van der Waals surface area contributed by atoms with Crippen molar-refractivity contribution in [3.8, 4) is 5.75 Å². The SMILES string of the molecule is CC[C@H](C)[C@H]1C(=O)N2CCC[C@H]2C(=O)O[C@H](C(C)(C)C)C[C@@H](C)C[C@H](O)CC2=NC(CCC(=O)N[C@@H](Cc3ccc(OC)cc3)C(=O)N(C)[C@@H](C)C(=O)N1C)CS2. The Morgan fingerprint density at radius 1 is 1.00 bits per heavy atom. The van der Waals surface area contributed by atoms with Crippen molar-refractivity contribution in [3.05, 3.63) is 29.8 Å². The van der Waals surface area contributed by atoms with Gasteiger partial charge in [-0.3, -0.25) is 24.2 Å². The first-order valence-electron chi connectivity index (χ1n) is 20.7. The van der Waals surface area contributed by atoms with Crippen molar-refractivity contribution in [2.24, 2.45) is 22.2 Å². The summed E-state index contributed by atoms with van der Waals surface area (Å²) in [4.78, 5) is 79.7. The van der Waals surface area contributed by atoms with Crippen molar-refractivity contribution in [3.63, 3.8) is 0 Å². The molecule has 3 aliphatic rings. The lowest BCUT2D eigenvalue weighted by Gasteiger charge is -2.39. The summed E-state index contributed by atoms with van der Waals surface area (Å²) in [5.74, 6) is -0.817. The molecule has 0 spiro atoms. The van der Waals surface area contributed by atoms with Gasteiger partial charge in [0.2, 0.25) is 23.6 Å². The van der Waals surface area contributed by atoms with Crippen LogP contribution in [-0.2, 0) is 35.1 Å². The Morgan fingerprint density at radius 3 is 2.32 bits per heavy atom. The van der Waals surface area contributed by atoms with E-state index >= 15 is 0 Å². The molecule has 1 aromatic rings. The highest BCUT2D eigenvalue weighted by Gasteiger charge is 2.44. The number of nitrogens with zero attached hydrogens (tertiary/aromatic N) is 4. The van der Waals surface area contributed by atoms with E-state index < -0.39 is 59.6 Å². The van der Waals surface area contributed by atoms with Gasteiger partial charge in [0.25, 0.3) is 0 Å². The van der Waals surface area contributed by atoms with Gasteiger partial charge in [-0.1, -0.05) is 60.1 Å². The molecule has 0 saturated carbocycles. The van der Waals surface area contributed by atoms with Crippen molar-refractivity contribution >= 4 is 46.4 Å². The maximum Gasteiger partial charge on any atom is 0.329 e. The van der Waals surface area contributed by atoms with Crippen molar-refractivity contribution in [2.75, 3.05) is 33.5 Å². The average molecular weight is 814 g/mol. The van der Waals surface area contributed by atoms with Crippen LogP contribution in [0, 0.1) is 17.3 Å². The summed E-state index contributed by atoms with van der Waals surface area (Å²) in [6.45, 7) is 14.0. The second-order valence-corrected chi connectivity index (χ2v) is 18.6. The van der Waals surface area contributed by atoms with E-state index in [1.54, 1.807) is 49.9 Å². The number of benzene rings is 1. The molecule has 2 bridgehead atoms. The summed E-state index contributed by atoms with van der Waals surface area (Å²) < 4.78 is 11.6. The molecule has 1 aromatic carbocycles. The molecule has 318 valence electrons. The number of methoxy groups -OCH3 is 1. The summed E-state index contributed by atoms with van der Waals surface area (Å²) in [6.07, 6.45) is 2.85. The molecule has 14 heteroatoms. The van der Waals surface area contributed by atoms with Gasteiger partial charge >= 0.3 is 5.97 Å². The number of ether oxygens (including phenoxy) is 2. The Morgan fingerprint density at radius 2 is 1.68 bits per heavy atom. The fraction of sp³-hybridized carbons (Fsp3) is 0.721. The van der Waals surface area contributed by atoms with Crippen LogP contribution in [0.5, 0.6) is 5.75 Å². The van der Waals surface area contributed by atoms with Crippen LogP contribution >= 0.6 is 11.8 Å². The summed E-state index contributed by atoms with van der Waals surface area (Å²) >= 11 is 1.59. The number of carbonyl (C=O) groups is 5. The molecule has 13 nitrogen and oxygen atoms in total. The maximum absolute atomic E-state index is 14.5. The van der Waals surface area contributed by atoms with Crippen molar-refractivity contribution in [2.45, 2.75) is 149 Å². The van der Waals surface area contributed by atoms with E-state index in [0.29, 0.717) is 63.0 Å². The number of aliphatic hydroxyl groups is 1. The largest absolute Gasteiger partial charge is 0.497 e. The fourth-order valence-corrected chi connectivity index (χ4v) is 9.15. The summed E-state index contributed by atoms with van der Waals surface area (Å²) in [5, 5.41) is 14.9. The molecule has 0 aliphatic carbocycles. The molecule has 3 heterocycles. The lowest BCUT2D eigenvalue weighted by atomic mass is 9.82. The number of esters is 1. The van der Waals surface area contributed by atoms with E-state index in [9.17, 15) is 29.1 Å². The van der Waals surface area contributed by atoms with Crippen LogP contribution in [0.15, 0.2) is 29.3 Å². The highest BCUT2D eigenvalue weighted by atomic mass is 32.2. The minimum Gasteiger partial charge on any atom is -0.497 e. The summed E-state index contributed by atoms with van der Waals surface area (Å²) in [5.41, 5.74) is 0.406. The number of aliphatic hydroxyl groups excluding tert-OH is 1. The predicted octanol–water partition coefficient (Wildman–Crippen LogP) is 4.87. The molecule has 0 radical (unpaired) electrons. The summed E-state index contributed by atoms with van der Waals surface area (Å²) in [6, 6.07) is 3.54. The molecular formula is C43H67N5O8S. The van der Waals surface area contributed by atoms with Crippen LogP contribution in [-0.4, -0.2) is 130 Å². The molecular weight excluding hydrogens is 747 g/mol. The molecule has 1 fully saturated rings. The molecule has 3 aliphatic heterocycles. The Kier molecular flexibility index (Phi) is 16.4. The number of hydrogen-bond donors (Lipinski definition) is 2. The Bertz CT molecular complexity index is 1600. The molecule has 1 unspecified atom stereocenters. The van der Waals surface area contributed by atoms with Gasteiger partial charge < -0.3 is 34.6 Å². The number of fused-ring (bicyclic) bond motifs is 2. The molecule has 4 amide bonds. The molecule has 2 N–H and O–H groups in total. The second-order valence-electron chi connectivity index (χ2n) is 17.5. The standard InChI is InChI=1S/C43H67N5O8S/c1-11-27(3)38-41(53)48-20-12-13-34(48)42(54)56-35(43(5,6)7)22-26(2)21-31(49)24-37-44-30(25-57-37)16-19-36(50)45-33(23-29-14-17-32(55-10)18-15-29)40(52)46(8)28(4)39(51)47(38)9/h14-15,17-18,26-28,30-31,33-35,38,49H,11-13,16,19-25H2,1-10H3,(H,45,50)/t26-,27-,28-,30?,31-,33-,34-,35-,38-/m0/s1. The van der Waals surface area contributed by atoms with Crippen LogP contribution in [0.4, 0.5) is 0 Å². The number of nitrogens with one attached hydrogen (secondary N) is 1. The molecule has 57 heavy (non-hydrogen) atoms. The van der Waals surface area contributed by atoms with Crippen LogP contribution in [0.1, 0.15) is 105 Å². The Labute approximate surface area is 344 Å². The zero-order valence-corrected chi connectivity index (χ0v) is 36.6. The molecule has 0 aromatic heterocycles. The third kappa shape index (κ3) is 12.2. The topological polar surface area (TPSA) is 158 Å². The van der Waals surface area contributed by atoms with Gasteiger partial charge in [0.1, 0.15) is 36.0 Å². The molecule has 1 saturated heterocycles. The lowest BCUT2D eigenvalue weighted by Crippen LogP contribution is -2.59. The first kappa shape index (κ1) is 46.0. The van der Waals surface area contributed by atoms with E-state index in [1.165, 1.54) is 16.8 Å². The third-order valence-corrected chi connectivity index (χ3v) is 13.1. The monoisotopic (exact) mass is 813 g/mol. The van der Waals surface area contributed by atoms with Gasteiger partial charge in [0.05, 0.1) is 24.3 Å². The highest BCUT2D eigenvalue weighted by molar-refractivity contribution is 8.14. The number of aliphatic imine (C=N–C) groups is 1. The number of amides is 4. The first-order valence-corrected chi connectivity index (χ1v) is 21.7. The van der Waals surface area contributed by atoms with Crippen LogP contribution in [0.25, 0.3) is 0 Å². The van der Waals surface area contributed by atoms with Crippen molar-refractivity contribution in [1.82, 2.24) is 20.0 Å². The smallest absolute Gasteiger partial charge is 0.329 e. The maximum atomic E-state index is 14.5. The Balaban J connectivity index is 1.67. The van der Waals surface area contributed by atoms with Gasteiger partial charge in [0.15, 0.2) is 0 Å². The predicted molar refractivity (Wildman–Crippen MR) is 223 cm³/mol. The number of rotatable bonds is 5. The first-order chi connectivity index (χ1) is 26.8. The van der Waals surface area contributed by atoms with E-state index in [2.05, 4.69) is 5.32 Å². The second kappa shape index (κ2) is 20.4. The number of carbonyl (C=O) groups excluding carboxylic acids is 5. The fourth-order valence-electron chi connectivity index (χ4n) is 7.99. The number of hydrogen-bond acceptors (Lipinski definition) is 10. The van der Waals surface area contributed by atoms with Gasteiger partial charge in [0, 0.05) is 45.7 Å². The van der Waals surface area contributed by atoms with Gasteiger partial charge in [-0.05, 0) is 74.0 Å². The molecule has 9 atom stereocenters. The number of likely N-dealkylation sites (N-methyl/N-ethyl adjacent to an activating group) is 2. The number of thioether (sulfide) groups is 1. The Hall–Kier alpha value is -3.65. The third-order valence-electron chi connectivity index (χ3n) is 11.9. The number of cyclic esters (lactones) is 1. The van der Waals surface area contributed by atoms with E-state index in [0.717, 1.165) is 10.6 Å². The van der Waals surface area contributed by atoms with Crippen LogP contribution in [0.2, 0.25) is 0 Å².